The van der Waals surface area contributed by atoms with Gasteiger partial charge in [0.15, 0.2) is 0 Å². The summed E-state index contributed by atoms with van der Waals surface area (Å²) in [5, 5.41) is 10.1. The molecule has 0 spiro atoms. The zero-order valence-electron chi connectivity index (χ0n) is 9.71. The van der Waals surface area contributed by atoms with Crippen LogP contribution in [-0.4, -0.2) is 5.11 Å². The fourth-order valence-corrected chi connectivity index (χ4v) is 2.35. The Labute approximate surface area is 105 Å². The first-order valence-corrected chi connectivity index (χ1v) is 6.50. The van der Waals surface area contributed by atoms with Gasteiger partial charge >= 0.3 is 0 Å². The molecule has 0 fully saturated rings. The second kappa shape index (κ2) is 6.36. The second-order valence-electron chi connectivity index (χ2n) is 4.10. The summed E-state index contributed by atoms with van der Waals surface area (Å²) in [4.78, 5) is 0. The normalized spacial score (nSPS) is 13.1. The zero-order chi connectivity index (χ0) is 12.1. The Hall–Kier alpha value is -0.410. The summed E-state index contributed by atoms with van der Waals surface area (Å²) in [6.45, 7) is 4.23. The van der Waals surface area contributed by atoms with Crippen molar-refractivity contribution in [2.45, 2.75) is 39.2 Å². The van der Waals surface area contributed by atoms with Crippen LogP contribution in [0.4, 0.5) is 4.39 Å². The van der Waals surface area contributed by atoms with E-state index in [1.54, 1.807) is 6.07 Å². The highest BCUT2D eigenvalue weighted by molar-refractivity contribution is 9.10. The Balaban J connectivity index is 2.79. The molecule has 1 unspecified atom stereocenters. The molecule has 16 heavy (non-hydrogen) atoms. The largest absolute Gasteiger partial charge is 0.388 e. The van der Waals surface area contributed by atoms with Crippen LogP contribution < -0.4 is 0 Å². The summed E-state index contributed by atoms with van der Waals surface area (Å²) < 4.78 is 13.8. The van der Waals surface area contributed by atoms with E-state index in [1.165, 1.54) is 12.1 Å². The quantitative estimate of drug-likeness (QED) is 0.849. The number of aliphatic hydroxyl groups excluding tert-OH is 1. The predicted octanol–water partition coefficient (Wildman–Crippen LogP) is 4.45. The van der Waals surface area contributed by atoms with Gasteiger partial charge in [0.25, 0.3) is 0 Å². The van der Waals surface area contributed by atoms with E-state index in [1.807, 2.05) is 0 Å². The van der Waals surface area contributed by atoms with E-state index in [0.29, 0.717) is 17.9 Å². The van der Waals surface area contributed by atoms with Gasteiger partial charge in [0.05, 0.1) is 6.10 Å². The number of rotatable bonds is 5. The SMILES string of the molecule is CCC(CC)CC(O)c1cc(F)ccc1Br. The monoisotopic (exact) mass is 288 g/mol. The number of benzene rings is 1. The minimum Gasteiger partial charge on any atom is -0.388 e. The molecular formula is C13H18BrFO. The van der Waals surface area contributed by atoms with Crippen LogP contribution in [0.25, 0.3) is 0 Å². The molecule has 1 N–H and O–H groups in total. The first-order valence-electron chi connectivity index (χ1n) is 5.71. The molecule has 1 aromatic rings. The third-order valence-corrected chi connectivity index (χ3v) is 3.75. The summed E-state index contributed by atoms with van der Waals surface area (Å²) in [6.07, 6.45) is 2.19. The highest BCUT2D eigenvalue weighted by Gasteiger charge is 2.16. The lowest BCUT2D eigenvalue weighted by Crippen LogP contribution is -2.07. The van der Waals surface area contributed by atoms with E-state index in [0.717, 1.165) is 17.3 Å². The van der Waals surface area contributed by atoms with Crippen molar-refractivity contribution in [2.24, 2.45) is 5.92 Å². The molecule has 0 bridgehead atoms. The molecular weight excluding hydrogens is 271 g/mol. The van der Waals surface area contributed by atoms with Crippen molar-refractivity contribution < 1.29 is 9.50 Å². The van der Waals surface area contributed by atoms with E-state index in [-0.39, 0.29) is 5.82 Å². The van der Waals surface area contributed by atoms with Crippen molar-refractivity contribution in [3.05, 3.63) is 34.1 Å². The fourth-order valence-electron chi connectivity index (χ4n) is 1.83. The molecule has 1 atom stereocenters. The molecule has 90 valence electrons. The number of halogens is 2. The van der Waals surface area contributed by atoms with Gasteiger partial charge in [-0.1, -0.05) is 42.6 Å². The lowest BCUT2D eigenvalue weighted by Gasteiger charge is -2.18. The average Bonchev–Trinajstić information content (AvgIpc) is 2.28. The van der Waals surface area contributed by atoms with Crippen LogP contribution in [-0.2, 0) is 0 Å². The molecule has 0 aliphatic heterocycles. The lowest BCUT2D eigenvalue weighted by atomic mass is 9.93. The van der Waals surface area contributed by atoms with Gasteiger partial charge in [0, 0.05) is 4.47 Å². The molecule has 1 nitrogen and oxygen atoms in total. The topological polar surface area (TPSA) is 20.2 Å². The first-order chi connectivity index (χ1) is 7.58. The number of aliphatic hydroxyl groups is 1. The first kappa shape index (κ1) is 13.7. The van der Waals surface area contributed by atoms with E-state index >= 15 is 0 Å². The molecule has 0 saturated carbocycles. The van der Waals surface area contributed by atoms with Crippen LogP contribution >= 0.6 is 15.9 Å². The van der Waals surface area contributed by atoms with Crippen molar-refractivity contribution in [1.29, 1.82) is 0 Å². The molecule has 0 heterocycles. The third-order valence-electron chi connectivity index (χ3n) is 3.03. The highest BCUT2D eigenvalue weighted by Crippen LogP contribution is 2.30. The van der Waals surface area contributed by atoms with Crippen molar-refractivity contribution in [3.63, 3.8) is 0 Å². The average molecular weight is 289 g/mol. The van der Waals surface area contributed by atoms with Gasteiger partial charge in [-0.05, 0) is 36.1 Å². The molecule has 0 amide bonds. The Morgan fingerprint density at radius 1 is 1.31 bits per heavy atom. The molecule has 0 saturated heterocycles. The molecule has 0 aromatic heterocycles. The Morgan fingerprint density at radius 3 is 2.50 bits per heavy atom. The van der Waals surface area contributed by atoms with Gasteiger partial charge in [-0.25, -0.2) is 4.39 Å². The maximum absolute atomic E-state index is 13.1. The summed E-state index contributed by atoms with van der Waals surface area (Å²) in [6, 6.07) is 4.43. The van der Waals surface area contributed by atoms with Gasteiger partial charge in [-0.15, -0.1) is 0 Å². The van der Waals surface area contributed by atoms with E-state index in [4.69, 9.17) is 0 Å². The highest BCUT2D eigenvalue weighted by atomic mass is 79.9. The van der Waals surface area contributed by atoms with Crippen LogP contribution in [0.5, 0.6) is 0 Å². The van der Waals surface area contributed by atoms with Crippen molar-refractivity contribution >= 4 is 15.9 Å². The van der Waals surface area contributed by atoms with Gasteiger partial charge < -0.3 is 5.11 Å². The molecule has 0 radical (unpaired) electrons. The van der Waals surface area contributed by atoms with Crippen molar-refractivity contribution in [3.8, 4) is 0 Å². The van der Waals surface area contributed by atoms with Crippen LogP contribution in [0.3, 0.4) is 0 Å². The van der Waals surface area contributed by atoms with E-state index < -0.39 is 6.10 Å². The second-order valence-corrected chi connectivity index (χ2v) is 4.95. The minimum absolute atomic E-state index is 0.304. The predicted molar refractivity (Wildman–Crippen MR) is 67.7 cm³/mol. The minimum atomic E-state index is -0.588. The smallest absolute Gasteiger partial charge is 0.123 e. The van der Waals surface area contributed by atoms with Gasteiger partial charge in [0.1, 0.15) is 5.82 Å². The maximum atomic E-state index is 13.1. The zero-order valence-corrected chi connectivity index (χ0v) is 11.3. The molecule has 1 rings (SSSR count). The van der Waals surface area contributed by atoms with Crippen molar-refractivity contribution in [2.75, 3.05) is 0 Å². The van der Waals surface area contributed by atoms with Gasteiger partial charge in [0.2, 0.25) is 0 Å². The maximum Gasteiger partial charge on any atom is 0.123 e. The summed E-state index contributed by atoms with van der Waals surface area (Å²) >= 11 is 3.34. The molecule has 0 aliphatic rings. The Bertz CT molecular complexity index is 337. The van der Waals surface area contributed by atoms with E-state index in [9.17, 15) is 9.50 Å². The summed E-state index contributed by atoms with van der Waals surface area (Å²) in [7, 11) is 0. The van der Waals surface area contributed by atoms with Gasteiger partial charge in [-0.2, -0.15) is 0 Å². The van der Waals surface area contributed by atoms with Gasteiger partial charge in [-0.3, -0.25) is 0 Å². The summed E-state index contributed by atoms with van der Waals surface area (Å²) in [5.74, 6) is 0.187. The fraction of sp³-hybridized carbons (Fsp3) is 0.538. The Kier molecular flexibility index (Phi) is 5.42. The third kappa shape index (κ3) is 3.56. The molecule has 0 aliphatic carbocycles. The van der Waals surface area contributed by atoms with Crippen LogP contribution in [0.2, 0.25) is 0 Å². The number of hydrogen-bond donors (Lipinski definition) is 1. The molecule has 3 heteroatoms. The number of hydrogen-bond acceptors (Lipinski definition) is 1. The Morgan fingerprint density at radius 2 is 1.94 bits per heavy atom. The van der Waals surface area contributed by atoms with Crippen LogP contribution in [0.1, 0.15) is 44.8 Å². The van der Waals surface area contributed by atoms with E-state index in [2.05, 4.69) is 29.8 Å². The lowest BCUT2D eigenvalue weighted by molar-refractivity contribution is 0.140. The van der Waals surface area contributed by atoms with Crippen LogP contribution in [0.15, 0.2) is 22.7 Å². The summed E-state index contributed by atoms with van der Waals surface area (Å²) in [5.41, 5.74) is 0.645. The standard InChI is InChI=1S/C13H18BrFO/c1-3-9(4-2)7-13(16)11-8-10(15)5-6-12(11)14/h5-6,8-9,13,16H,3-4,7H2,1-2H3. The van der Waals surface area contributed by atoms with Crippen molar-refractivity contribution in [1.82, 2.24) is 0 Å². The van der Waals surface area contributed by atoms with Crippen LogP contribution in [0, 0.1) is 11.7 Å². The molecule has 1 aromatic carbocycles.